The molecule has 2 rings (SSSR count). The number of nitrogens with zero attached hydrogens (tertiary/aromatic N) is 1. The van der Waals surface area contributed by atoms with Crippen LogP contribution in [0.1, 0.15) is 25.7 Å². The van der Waals surface area contributed by atoms with Crippen LogP contribution < -0.4 is 0 Å². The van der Waals surface area contributed by atoms with Crippen LogP contribution in [0.4, 0.5) is 0 Å². The van der Waals surface area contributed by atoms with Gasteiger partial charge in [0.15, 0.2) is 5.79 Å². The summed E-state index contributed by atoms with van der Waals surface area (Å²) in [5.74, 6) is -0.615. The fraction of sp³-hybridized carbons (Fsp3) is 1.00. The zero-order valence-electron chi connectivity index (χ0n) is 7.40. The van der Waals surface area contributed by atoms with E-state index in [1.807, 2.05) is 0 Å². The van der Waals surface area contributed by atoms with Gasteiger partial charge in [0.05, 0.1) is 19.6 Å². The number of hydrogen-bond donors (Lipinski definition) is 0. The Morgan fingerprint density at radius 3 is 2.69 bits per heavy atom. The zero-order valence-corrected chi connectivity index (χ0v) is 7.40. The Morgan fingerprint density at radius 2 is 2.08 bits per heavy atom. The first-order valence-corrected chi connectivity index (χ1v) is 4.63. The highest BCUT2D eigenvalue weighted by Crippen LogP contribution is 2.36. The van der Waals surface area contributed by atoms with E-state index in [4.69, 9.17) is 9.47 Å². The molecule has 1 aliphatic heterocycles. The molecule has 0 aromatic heterocycles. The third-order valence-corrected chi connectivity index (χ3v) is 2.75. The van der Waals surface area contributed by atoms with E-state index in [2.05, 4.69) is 0 Å². The van der Waals surface area contributed by atoms with Crippen molar-refractivity contribution in [1.29, 1.82) is 0 Å². The van der Waals surface area contributed by atoms with Crippen molar-refractivity contribution in [3.8, 4) is 0 Å². The maximum absolute atomic E-state index is 10.6. The summed E-state index contributed by atoms with van der Waals surface area (Å²) in [6.07, 6.45) is 2.70. The second kappa shape index (κ2) is 3.23. The maximum Gasteiger partial charge on any atom is 0.218 e. The molecule has 2 fully saturated rings. The van der Waals surface area contributed by atoms with Gasteiger partial charge in [0.2, 0.25) is 6.04 Å². The van der Waals surface area contributed by atoms with Crippen molar-refractivity contribution in [2.75, 3.05) is 13.2 Å². The first kappa shape index (κ1) is 8.90. The highest BCUT2D eigenvalue weighted by molar-refractivity contribution is 4.83. The monoisotopic (exact) mass is 187 g/mol. The van der Waals surface area contributed by atoms with Crippen LogP contribution in [0.25, 0.3) is 0 Å². The summed E-state index contributed by atoms with van der Waals surface area (Å²) in [5.41, 5.74) is 0. The molecule has 0 N–H and O–H groups in total. The number of hydrogen-bond acceptors (Lipinski definition) is 4. The topological polar surface area (TPSA) is 61.6 Å². The van der Waals surface area contributed by atoms with Gasteiger partial charge < -0.3 is 9.47 Å². The predicted molar refractivity (Wildman–Crippen MR) is 43.9 cm³/mol. The van der Waals surface area contributed by atoms with Crippen LogP contribution in [0, 0.1) is 10.1 Å². The minimum Gasteiger partial charge on any atom is -0.347 e. The first-order chi connectivity index (χ1) is 6.22. The summed E-state index contributed by atoms with van der Waals surface area (Å²) >= 11 is 0. The Balaban J connectivity index is 2.02. The van der Waals surface area contributed by atoms with Crippen molar-refractivity contribution in [1.82, 2.24) is 0 Å². The molecule has 1 saturated carbocycles. The largest absolute Gasteiger partial charge is 0.347 e. The highest BCUT2D eigenvalue weighted by atomic mass is 16.7. The third kappa shape index (κ3) is 1.66. The number of ether oxygens (including phenoxy) is 2. The van der Waals surface area contributed by atoms with Gasteiger partial charge in [0.25, 0.3) is 0 Å². The molecule has 0 aromatic carbocycles. The van der Waals surface area contributed by atoms with Gasteiger partial charge in [-0.25, -0.2) is 0 Å². The fourth-order valence-electron chi connectivity index (χ4n) is 2.11. The Hall–Kier alpha value is -0.680. The van der Waals surface area contributed by atoms with E-state index in [1.165, 1.54) is 0 Å². The molecular formula is C8H13NO4. The molecule has 0 bridgehead atoms. The normalized spacial score (nSPS) is 32.2. The summed E-state index contributed by atoms with van der Waals surface area (Å²) in [5, 5.41) is 10.6. The SMILES string of the molecule is O=[N+]([O-])C1CCCC2(C1)OCCO2. The lowest BCUT2D eigenvalue weighted by Crippen LogP contribution is -2.41. The van der Waals surface area contributed by atoms with E-state index < -0.39 is 11.8 Å². The molecule has 74 valence electrons. The molecule has 2 aliphatic rings. The molecule has 0 amide bonds. The fourth-order valence-corrected chi connectivity index (χ4v) is 2.11. The Morgan fingerprint density at radius 1 is 1.38 bits per heavy atom. The maximum atomic E-state index is 10.6. The van der Waals surface area contributed by atoms with Crippen molar-refractivity contribution in [2.24, 2.45) is 0 Å². The second-order valence-electron chi connectivity index (χ2n) is 3.64. The van der Waals surface area contributed by atoms with Crippen molar-refractivity contribution in [3.63, 3.8) is 0 Å². The molecule has 1 unspecified atom stereocenters. The van der Waals surface area contributed by atoms with Gasteiger partial charge in [-0.3, -0.25) is 10.1 Å². The molecule has 1 spiro atoms. The molecular weight excluding hydrogens is 174 g/mol. The van der Waals surface area contributed by atoms with E-state index in [0.29, 0.717) is 26.1 Å². The van der Waals surface area contributed by atoms with Crippen LogP contribution in [0.3, 0.4) is 0 Å². The number of nitro groups is 1. The molecule has 5 heteroatoms. The van der Waals surface area contributed by atoms with Crippen LogP contribution in [-0.2, 0) is 9.47 Å². The smallest absolute Gasteiger partial charge is 0.218 e. The Kier molecular flexibility index (Phi) is 2.21. The average molecular weight is 187 g/mol. The van der Waals surface area contributed by atoms with Crippen molar-refractivity contribution < 1.29 is 14.4 Å². The van der Waals surface area contributed by atoms with Crippen LogP contribution in [-0.4, -0.2) is 30.0 Å². The summed E-state index contributed by atoms with van der Waals surface area (Å²) in [4.78, 5) is 10.4. The van der Waals surface area contributed by atoms with Crippen molar-refractivity contribution >= 4 is 0 Å². The number of rotatable bonds is 1. The molecule has 1 atom stereocenters. The molecule has 13 heavy (non-hydrogen) atoms. The minimum atomic E-state index is -0.615. The molecule has 1 heterocycles. The van der Waals surface area contributed by atoms with Gasteiger partial charge in [0, 0.05) is 17.8 Å². The standard InChI is InChI=1S/C8H13NO4/c10-9(11)7-2-1-3-8(6-7)12-4-5-13-8/h7H,1-6H2. The van der Waals surface area contributed by atoms with Gasteiger partial charge in [-0.15, -0.1) is 0 Å². The lowest BCUT2D eigenvalue weighted by Gasteiger charge is -2.32. The Bertz CT molecular complexity index is 212. The second-order valence-corrected chi connectivity index (χ2v) is 3.64. The molecule has 5 nitrogen and oxygen atoms in total. The summed E-state index contributed by atoms with van der Waals surface area (Å²) < 4.78 is 10.9. The van der Waals surface area contributed by atoms with Crippen molar-refractivity contribution in [2.45, 2.75) is 37.5 Å². The van der Waals surface area contributed by atoms with E-state index >= 15 is 0 Å². The first-order valence-electron chi connectivity index (χ1n) is 4.63. The summed E-state index contributed by atoms with van der Waals surface area (Å²) in [6.45, 7) is 1.15. The summed E-state index contributed by atoms with van der Waals surface area (Å²) in [7, 11) is 0. The van der Waals surface area contributed by atoms with Gasteiger partial charge in [0.1, 0.15) is 0 Å². The Labute approximate surface area is 76.2 Å². The zero-order chi connectivity index (χ0) is 9.31. The summed E-state index contributed by atoms with van der Waals surface area (Å²) in [6, 6.07) is -0.480. The van der Waals surface area contributed by atoms with E-state index in [9.17, 15) is 10.1 Å². The van der Waals surface area contributed by atoms with E-state index in [-0.39, 0.29) is 4.92 Å². The quantitative estimate of drug-likeness (QED) is 0.453. The molecule has 1 aliphatic carbocycles. The molecule has 0 aromatic rings. The highest BCUT2D eigenvalue weighted by Gasteiger charge is 2.45. The van der Waals surface area contributed by atoms with Gasteiger partial charge in [-0.05, 0) is 6.42 Å². The molecule has 0 radical (unpaired) electrons. The minimum absolute atomic E-state index is 0.216. The average Bonchev–Trinajstić information content (AvgIpc) is 2.53. The lowest BCUT2D eigenvalue weighted by atomic mass is 9.90. The van der Waals surface area contributed by atoms with Gasteiger partial charge in [-0.2, -0.15) is 0 Å². The predicted octanol–water partition coefficient (Wildman–Crippen LogP) is 0.949. The third-order valence-electron chi connectivity index (χ3n) is 2.75. The van der Waals surface area contributed by atoms with Crippen LogP contribution >= 0.6 is 0 Å². The van der Waals surface area contributed by atoms with Gasteiger partial charge >= 0.3 is 0 Å². The van der Waals surface area contributed by atoms with Crippen LogP contribution in [0.5, 0.6) is 0 Å². The van der Waals surface area contributed by atoms with Crippen LogP contribution in [0.2, 0.25) is 0 Å². The lowest BCUT2D eigenvalue weighted by molar-refractivity contribution is -0.534. The van der Waals surface area contributed by atoms with Crippen LogP contribution in [0.15, 0.2) is 0 Å². The van der Waals surface area contributed by atoms with E-state index in [0.717, 1.165) is 12.8 Å². The van der Waals surface area contributed by atoms with E-state index in [1.54, 1.807) is 0 Å². The van der Waals surface area contributed by atoms with Crippen molar-refractivity contribution in [3.05, 3.63) is 10.1 Å². The van der Waals surface area contributed by atoms with Gasteiger partial charge in [-0.1, -0.05) is 0 Å². The molecule has 1 saturated heterocycles.